The van der Waals surface area contributed by atoms with Crippen LogP contribution in [0.4, 0.5) is 13.9 Å². The van der Waals surface area contributed by atoms with Crippen molar-refractivity contribution < 1.29 is 13.6 Å². The normalized spacial score (nSPS) is 11.0. The first kappa shape index (κ1) is 23.2. The fraction of sp³-hybridized carbons (Fsp3) is 0.333. The summed E-state index contributed by atoms with van der Waals surface area (Å²) >= 11 is 1.37. The highest BCUT2D eigenvalue weighted by molar-refractivity contribution is 7.22. The van der Waals surface area contributed by atoms with Crippen molar-refractivity contribution >= 4 is 45.0 Å². The van der Waals surface area contributed by atoms with Gasteiger partial charge in [0.2, 0.25) is 0 Å². The van der Waals surface area contributed by atoms with Gasteiger partial charge in [0.15, 0.2) is 5.13 Å². The zero-order valence-electron chi connectivity index (χ0n) is 16.8. The number of halogens is 3. The van der Waals surface area contributed by atoms with E-state index in [1.54, 1.807) is 0 Å². The van der Waals surface area contributed by atoms with E-state index in [0.717, 1.165) is 40.0 Å². The zero-order chi connectivity index (χ0) is 20.4. The summed E-state index contributed by atoms with van der Waals surface area (Å²) in [5.74, 6) is -2.44. The number of carbonyl (C=O) groups excluding carboxylic acids is 1. The molecule has 0 aliphatic heterocycles. The SMILES string of the molecule is Cc1cc(C)c2sc(N(CCCN(C)C)C(=O)c3c(F)cccc3F)nc2c1.Cl. The van der Waals surface area contributed by atoms with Crippen LogP contribution in [0.2, 0.25) is 0 Å². The summed E-state index contributed by atoms with van der Waals surface area (Å²) in [6, 6.07) is 7.45. The van der Waals surface area contributed by atoms with Crippen LogP contribution in [-0.2, 0) is 0 Å². The number of carbonyl (C=O) groups is 1. The topological polar surface area (TPSA) is 36.4 Å². The summed E-state index contributed by atoms with van der Waals surface area (Å²) in [5, 5.41) is 0.454. The predicted molar refractivity (Wildman–Crippen MR) is 118 cm³/mol. The maximum atomic E-state index is 14.2. The molecule has 3 rings (SSSR count). The fourth-order valence-corrected chi connectivity index (χ4v) is 4.19. The number of aromatic nitrogens is 1. The number of anilines is 1. The Morgan fingerprint density at radius 2 is 1.76 bits per heavy atom. The van der Waals surface area contributed by atoms with E-state index in [9.17, 15) is 13.6 Å². The monoisotopic (exact) mass is 439 g/mol. The number of rotatable bonds is 6. The third-order valence-electron chi connectivity index (χ3n) is 4.45. The molecule has 1 heterocycles. The first-order chi connectivity index (χ1) is 13.3. The van der Waals surface area contributed by atoms with Crippen LogP contribution >= 0.6 is 23.7 Å². The van der Waals surface area contributed by atoms with Gasteiger partial charge < -0.3 is 4.90 Å². The molecule has 1 amide bonds. The van der Waals surface area contributed by atoms with Gasteiger partial charge >= 0.3 is 0 Å². The van der Waals surface area contributed by atoms with Crippen LogP contribution in [0.1, 0.15) is 27.9 Å². The van der Waals surface area contributed by atoms with Gasteiger partial charge in [-0.2, -0.15) is 0 Å². The van der Waals surface area contributed by atoms with E-state index < -0.39 is 23.1 Å². The van der Waals surface area contributed by atoms with Gasteiger partial charge in [-0.1, -0.05) is 23.5 Å². The lowest BCUT2D eigenvalue weighted by molar-refractivity contribution is 0.0978. The van der Waals surface area contributed by atoms with Gasteiger partial charge in [-0.15, -0.1) is 12.4 Å². The molecule has 3 aromatic rings. The molecular weight excluding hydrogens is 416 g/mol. The Balaban J connectivity index is 0.00000300. The van der Waals surface area contributed by atoms with Crippen molar-refractivity contribution in [3.63, 3.8) is 0 Å². The highest BCUT2D eigenvalue weighted by Crippen LogP contribution is 2.33. The van der Waals surface area contributed by atoms with E-state index in [0.29, 0.717) is 18.1 Å². The molecule has 0 unspecified atom stereocenters. The Labute approximate surface area is 179 Å². The number of hydrogen-bond acceptors (Lipinski definition) is 4. The molecule has 0 N–H and O–H groups in total. The van der Waals surface area contributed by atoms with Crippen molar-refractivity contribution in [2.45, 2.75) is 20.3 Å². The van der Waals surface area contributed by atoms with Gasteiger partial charge in [-0.05, 0) is 70.2 Å². The lowest BCUT2D eigenvalue weighted by atomic mass is 10.1. The minimum absolute atomic E-state index is 0. The number of amides is 1. The van der Waals surface area contributed by atoms with E-state index in [1.807, 2.05) is 38.9 Å². The average molecular weight is 440 g/mol. The highest BCUT2D eigenvalue weighted by Gasteiger charge is 2.26. The van der Waals surface area contributed by atoms with Crippen LogP contribution in [-0.4, -0.2) is 43.0 Å². The van der Waals surface area contributed by atoms with Crippen molar-refractivity contribution in [2.75, 3.05) is 32.1 Å². The quantitative estimate of drug-likeness (QED) is 0.529. The van der Waals surface area contributed by atoms with Crippen molar-refractivity contribution in [3.05, 3.63) is 58.7 Å². The summed E-state index contributed by atoms with van der Waals surface area (Å²) in [6.07, 6.45) is 0.656. The largest absolute Gasteiger partial charge is 0.309 e. The van der Waals surface area contributed by atoms with Crippen molar-refractivity contribution in [1.29, 1.82) is 0 Å². The molecule has 156 valence electrons. The summed E-state index contributed by atoms with van der Waals surface area (Å²) in [6.45, 7) is 5.04. The predicted octanol–water partition coefficient (Wildman–Crippen LogP) is 5.21. The number of hydrogen-bond donors (Lipinski definition) is 0. The van der Waals surface area contributed by atoms with Crippen LogP contribution in [0.5, 0.6) is 0 Å². The molecule has 29 heavy (non-hydrogen) atoms. The van der Waals surface area contributed by atoms with Crippen molar-refractivity contribution in [3.8, 4) is 0 Å². The first-order valence-corrected chi connectivity index (χ1v) is 9.88. The molecule has 0 aliphatic rings. The Morgan fingerprint density at radius 3 is 2.38 bits per heavy atom. The molecule has 0 bridgehead atoms. The fourth-order valence-electron chi connectivity index (χ4n) is 3.15. The summed E-state index contributed by atoms with van der Waals surface area (Å²) in [7, 11) is 3.87. The first-order valence-electron chi connectivity index (χ1n) is 9.06. The lowest BCUT2D eigenvalue weighted by Gasteiger charge is -2.21. The van der Waals surface area contributed by atoms with Gasteiger partial charge in [0.25, 0.3) is 5.91 Å². The molecular formula is C21H24ClF2N3OS. The molecule has 0 atom stereocenters. The zero-order valence-corrected chi connectivity index (χ0v) is 18.5. The molecule has 0 radical (unpaired) electrons. The van der Waals surface area contributed by atoms with Gasteiger partial charge in [0.1, 0.15) is 17.2 Å². The second kappa shape index (κ2) is 9.61. The maximum absolute atomic E-state index is 14.2. The highest BCUT2D eigenvalue weighted by atomic mass is 35.5. The third-order valence-corrected chi connectivity index (χ3v) is 5.68. The van der Waals surface area contributed by atoms with E-state index in [2.05, 4.69) is 11.1 Å². The second-order valence-electron chi connectivity index (χ2n) is 7.14. The van der Waals surface area contributed by atoms with E-state index in [1.165, 1.54) is 22.3 Å². The number of benzene rings is 2. The number of thiazole rings is 1. The Morgan fingerprint density at radius 1 is 1.10 bits per heavy atom. The maximum Gasteiger partial charge on any atom is 0.266 e. The van der Waals surface area contributed by atoms with Gasteiger partial charge in [0, 0.05) is 6.54 Å². The van der Waals surface area contributed by atoms with Crippen LogP contribution in [0.3, 0.4) is 0 Å². The lowest BCUT2D eigenvalue weighted by Crippen LogP contribution is -2.34. The van der Waals surface area contributed by atoms with Gasteiger partial charge in [0.05, 0.1) is 10.2 Å². The molecule has 0 aliphatic carbocycles. The molecule has 0 fully saturated rings. The number of nitrogens with zero attached hydrogens (tertiary/aromatic N) is 3. The number of aryl methyl sites for hydroxylation is 2. The summed E-state index contributed by atoms with van der Waals surface area (Å²) in [5.41, 5.74) is 2.39. The molecule has 0 saturated heterocycles. The Kier molecular flexibility index (Phi) is 7.68. The van der Waals surface area contributed by atoms with E-state index in [-0.39, 0.29) is 12.4 Å². The standard InChI is InChI=1S/C21H23F2N3OS.ClH/c1-13-11-14(2)19-17(12-13)24-21(28-19)26(10-6-9-25(3)4)20(27)18-15(22)7-5-8-16(18)23;/h5,7-8,11-12H,6,9-10H2,1-4H3;1H. The molecule has 8 heteroatoms. The molecule has 4 nitrogen and oxygen atoms in total. The second-order valence-corrected chi connectivity index (χ2v) is 8.11. The molecule has 2 aromatic carbocycles. The molecule has 1 aromatic heterocycles. The smallest absolute Gasteiger partial charge is 0.266 e. The van der Waals surface area contributed by atoms with Crippen LogP contribution in [0.25, 0.3) is 10.2 Å². The van der Waals surface area contributed by atoms with Crippen molar-refractivity contribution in [1.82, 2.24) is 9.88 Å². The number of fused-ring (bicyclic) bond motifs is 1. The summed E-state index contributed by atoms with van der Waals surface area (Å²) < 4.78 is 29.4. The molecule has 0 saturated carbocycles. The van der Waals surface area contributed by atoms with Crippen LogP contribution in [0.15, 0.2) is 30.3 Å². The van der Waals surface area contributed by atoms with E-state index >= 15 is 0 Å². The van der Waals surface area contributed by atoms with Gasteiger partial charge in [-0.3, -0.25) is 9.69 Å². The molecule has 0 spiro atoms. The Hall–Kier alpha value is -2.09. The van der Waals surface area contributed by atoms with Crippen LogP contribution < -0.4 is 4.90 Å². The summed E-state index contributed by atoms with van der Waals surface area (Å²) in [4.78, 5) is 21.1. The Bertz CT molecular complexity index is 1000. The average Bonchev–Trinajstić information content (AvgIpc) is 3.02. The van der Waals surface area contributed by atoms with Crippen molar-refractivity contribution in [2.24, 2.45) is 0 Å². The van der Waals surface area contributed by atoms with Crippen LogP contribution in [0, 0.1) is 25.5 Å². The third kappa shape index (κ3) is 5.10. The van der Waals surface area contributed by atoms with Gasteiger partial charge in [-0.25, -0.2) is 13.8 Å². The minimum Gasteiger partial charge on any atom is -0.309 e. The van der Waals surface area contributed by atoms with E-state index in [4.69, 9.17) is 0 Å². The minimum atomic E-state index is -0.865.